The van der Waals surface area contributed by atoms with Crippen molar-refractivity contribution in [2.75, 3.05) is 0 Å². The molecule has 1 N–H and O–H groups in total. The lowest BCUT2D eigenvalue weighted by Gasteiger charge is -1.98. The molecule has 0 atom stereocenters. The molecular formula is C11H9NO2. The fraction of sp³-hybridized carbons (Fsp3) is 0.182. The summed E-state index contributed by atoms with van der Waals surface area (Å²) < 4.78 is 5.42. The molecule has 1 aromatic heterocycles. The Hall–Kier alpha value is -1.79. The van der Waals surface area contributed by atoms with Gasteiger partial charge in [-0.05, 0) is 19.1 Å². The molecule has 0 aliphatic rings. The van der Waals surface area contributed by atoms with Gasteiger partial charge in [-0.1, -0.05) is 6.07 Å². The fourth-order valence-electron chi connectivity index (χ4n) is 1.52. The van der Waals surface area contributed by atoms with Gasteiger partial charge in [-0.3, -0.25) is 0 Å². The van der Waals surface area contributed by atoms with Crippen molar-refractivity contribution < 1.29 is 9.52 Å². The highest BCUT2D eigenvalue weighted by atomic mass is 16.3. The summed E-state index contributed by atoms with van der Waals surface area (Å²) >= 11 is 0. The van der Waals surface area contributed by atoms with E-state index in [0.29, 0.717) is 16.7 Å². The Morgan fingerprint density at radius 2 is 2.29 bits per heavy atom. The first kappa shape index (κ1) is 8.79. The van der Waals surface area contributed by atoms with Crippen LogP contribution in [-0.4, -0.2) is 5.11 Å². The van der Waals surface area contributed by atoms with E-state index in [-0.39, 0.29) is 6.61 Å². The second-order valence-electron chi connectivity index (χ2n) is 3.14. The number of aryl methyl sites for hydroxylation is 1. The van der Waals surface area contributed by atoms with Gasteiger partial charge >= 0.3 is 0 Å². The minimum Gasteiger partial charge on any atom is -0.461 e. The molecule has 2 aromatic rings. The standard InChI is InChI=1S/C11H9NO2/c1-7-4-10-8(5-12)2-3-9(6-13)11(10)14-7/h2-4,13H,6H2,1H3. The number of furan rings is 1. The zero-order valence-electron chi connectivity index (χ0n) is 7.74. The lowest BCUT2D eigenvalue weighted by Crippen LogP contribution is -1.85. The summed E-state index contributed by atoms with van der Waals surface area (Å²) in [6.07, 6.45) is 0. The van der Waals surface area contributed by atoms with E-state index in [1.54, 1.807) is 12.1 Å². The number of aliphatic hydroxyl groups excluding tert-OH is 1. The van der Waals surface area contributed by atoms with Crippen LogP contribution in [0.3, 0.4) is 0 Å². The summed E-state index contributed by atoms with van der Waals surface area (Å²) in [4.78, 5) is 0. The third kappa shape index (κ3) is 1.17. The number of aliphatic hydroxyl groups is 1. The molecule has 1 aromatic carbocycles. The molecule has 70 valence electrons. The Kier molecular flexibility index (Phi) is 1.99. The van der Waals surface area contributed by atoms with Crippen LogP contribution in [-0.2, 0) is 6.61 Å². The van der Waals surface area contributed by atoms with Gasteiger partial charge in [0.2, 0.25) is 0 Å². The maximum Gasteiger partial charge on any atom is 0.141 e. The topological polar surface area (TPSA) is 57.2 Å². The van der Waals surface area contributed by atoms with E-state index in [1.807, 2.05) is 13.0 Å². The van der Waals surface area contributed by atoms with Gasteiger partial charge in [0.15, 0.2) is 0 Å². The molecular weight excluding hydrogens is 178 g/mol. The molecule has 3 heteroatoms. The average molecular weight is 187 g/mol. The second-order valence-corrected chi connectivity index (χ2v) is 3.14. The van der Waals surface area contributed by atoms with Crippen molar-refractivity contribution in [2.45, 2.75) is 13.5 Å². The van der Waals surface area contributed by atoms with E-state index in [0.717, 1.165) is 11.1 Å². The predicted molar refractivity (Wildman–Crippen MR) is 51.6 cm³/mol. The van der Waals surface area contributed by atoms with Crippen LogP contribution in [0.5, 0.6) is 0 Å². The highest BCUT2D eigenvalue weighted by Crippen LogP contribution is 2.25. The lowest BCUT2D eigenvalue weighted by molar-refractivity contribution is 0.281. The van der Waals surface area contributed by atoms with E-state index >= 15 is 0 Å². The minimum atomic E-state index is -0.0742. The number of benzene rings is 1. The summed E-state index contributed by atoms with van der Waals surface area (Å²) in [6, 6.07) is 7.31. The number of rotatable bonds is 1. The van der Waals surface area contributed by atoms with Crippen molar-refractivity contribution in [1.29, 1.82) is 5.26 Å². The lowest BCUT2D eigenvalue weighted by atomic mass is 10.1. The molecule has 2 rings (SSSR count). The monoisotopic (exact) mass is 187 g/mol. The van der Waals surface area contributed by atoms with Crippen LogP contribution in [0.4, 0.5) is 0 Å². The van der Waals surface area contributed by atoms with Crippen LogP contribution in [0.25, 0.3) is 11.0 Å². The molecule has 0 bridgehead atoms. The number of nitriles is 1. The van der Waals surface area contributed by atoms with Crippen molar-refractivity contribution in [3.05, 3.63) is 35.1 Å². The fourth-order valence-corrected chi connectivity index (χ4v) is 1.52. The van der Waals surface area contributed by atoms with Crippen LogP contribution in [0, 0.1) is 18.3 Å². The van der Waals surface area contributed by atoms with Gasteiger partial charge in [-0.2, -0.15) is 5.26 Å². The van der Waals surface area contributed by atoms with Crippen LogP contribution in [0.1, 0.15) is 16.9 Å². The average Bonchev–Trinajstić information content (AvgIpc) is 2.57. The number of hydrogen-bond acceptors (Lipinski definition) is 3. The normalized spacial score (nSPS) is 10.4. The van der Waals surface area contributed by atoms with Crippen molar-refractivity contribution in [3.8, 4) is 6.07 Å². The Morgan fingerprint density at radius 3 is 2.93 bits per heavy atom. The zero-order chi connectivity index (χ0) is 10.1. The van der Waals surface area contributed by atoms with Crippen molar-refractivity contribution in [1.82, 2.24) is 0 Å². The van der Waals surface area contributed by atoms with Crippen LogP contribution >= 0.6 is 0 Å². The van der Waals surface area contributed by atoms with Crippen molar-refractivity contribution >= 4 is 11.0 Å². The molecule has 0 spiro atoms. The Labute approximate surface area is 81.2 Å². The SMILES string of the molecule is Cc1cc2c(C#N)ccc(CO)c2o1. The van der Waals surface area contributed by atoms with Gasteiger partial charge in [0.25, 0.3) is 0 Å². The molecule has 0 amide bonds. The maximum absolute atomic E-state index is 9.07. The molecule has 14 heavy (non-hydrogen) atoms. The highest BCUT2D eigenvalue weighted by molar-refractivity contribution is 5.86. The van der Waals surface area contributed by atoms with E-state index < -0.39 is 0 Å². The summed E-state index contributed by atoms with van der Waals surface area (Å²) in [5.74, 6) is 0.748. The summed E-state index contributed by atoms with van der Waals surface area (Å²) in [5.41, 5.74) is 1.91. The molecule has 0 fully saturated rings. The third-order valence-electron chi connectivity index (χ3n) is 2.18. The first-order chi connectivity index (χ1) is 6.76. The molecule has 0 aliphatic carbocycles. The van der Waals surface area contributed by atoms with Gasteiger partial charge < -0.3 is 9.52 Å². The molecule has 0 unspecified atom stereocenters. The molecule has 0 radical (unpaired) electrons. The van der Waals surface area contributed by atoms with Gasteiger partial charge in [-0.15, -0.1) is 0 Å². The van der Waals surface area contributed by atoms with Gasteiger partial charge in [0.05, 0.1) is 18.2 Å². The minimum absolute atomic E-state index is 0.0742. The van der Waals surface area contributed by atoms with E-state index in [1.165, 1.54) is 0 Å². The summed E-state index contributed by atoms with van der Waals surface area (Å²) in [5, 5.41) is 18.7. The molecule has 3 nitrogen and oxygen atoms in total. The van der Waals surface area contributed by atoms with E-state index in [2.05, 4.69) is 6.07 Å². The van der Waals surface area contributed by atoms with Crippen LogP contribution < -0.4 is 0 Å². The van der Waals surface area contributed by atoms with Crippen LogP contribution in [0.2, 0.25) is 0 Å². The first-order valence-corrected chi connectivity index (χ1v) is 4.29. The smallest absolute Gasteiger partial charge is 0.141 e. The number of fused-ring (bicyclic) bond motifs is 1. The van der Waals surface area contributed by atoms with Crippen molar-refractivity contribution in [2.24, 2.45) is 0 Å². The van der Waals surface area contributed by atoms with E-state index in [9.17, 15) is 0 Å². The van der Waals surface area contributed by atoms with Gasteiger partial charge in [-0.25, -0.2) is 0 Å². The Bertz CT molecular complexity index is 520. The van der Waals surface area contributed by atoms with Gasteiger partial charge in [0, 0.05) is 10.9 Å². The predicted octanol–water partition coefficient (Wildman–Crippen LogP) is 2.11. The van der Waals surface area contributed by atoms with Crippen molar-refractivity contribution in [3.63, 3.8) is 0 Å². The molecule has 0 aliphatic heterocycles. The number of nitrogens with zero attached hydrogens (tertiary/aromatic N) is 1. The summed E-state index contributed by atoms with van der Waals surface area (Å²) in [7, 11) is 0. The quantitative estimate of drug-likeness (QED) is 0.743. The maximum atomic E-state index is 9.07. The Balaban J connectivity index is 2.86. The first-order valence-electron chi connectivity index (χ1n) is 4.29. The highest BCUT2D eigenvalue weighted by Gasteiger charge is 2.09. The molecule has 0 saturated heterocycles. The number of hydrogen-bond donors (Lipinski definition) is 1. The molecule has 1 heterocycles. The van der Waals surface area contributed by atoms with Crippen LogP contribution in [0.15, 0.2) is 22.6 Å². The third-order valence-corrected chi connectivity index (χ3v) is 2.18. The molecule has 0 saturated carbocycles. The largest absolute Gasteiger partial charge is 0.461 e. The van der Waals surface area contributed by atoms with E-state index in [4.69, 9.17) is 14.8 Å². The Morgan fingerprint density at radius 1 is 1.50 bits per heavy atom. The van der Waals surface area contributed by atoms with Gasteiger partial charge in [0.1, 0.15) is 11.3 Å². The zero-order valence-corrected chi connectivity index (χ0v) is 7.74. The summed E-state index contributed by atoms with van der Waals surface area (Å²) in [6.45, 7) is 1.75. The second kappa shape index (κ2) is 3.17.